The molecule has 1 aromatic carbocycles. The Labute approximate surface area is 123 Å². The Hall–Kier alpha value is -2.04. The molecule has 5 heteroatoms. The third kappa shape index (κ3) is 2.37. The summed E-state index contributed by atoms with van der Waals surface area (Å²) in [4.78, 5) is 4.69. The first-order valence-electron chi connectivity index (χ1n) is 7.24. The van der Waals surface area contributed by atoms with E-state index in [0.717, 1.165) is 18.7 Å². The zero-order valence-electron chi connectivity index (χ0n) is 12.6. The number of nitrogens with two attached hydrogens (primary N) is 1. The van der Waals surface area contributed by atoms with E-state index in [4.69, 9.17) is 15.5 Å². The van der Waals surface area contributed by atoms with Crippen LogP contribution in [0.15, 0.2) is 18.2 Å². The van der Waals surface area contributed by atoms with Crippen LogP contribution in [0.4, 0.5) is 10.2 Å². The first-order valence-corrected chi connectivity index (χ1v) is 7.24. The van der Waals surface area contributed by atoms with Crippen molar-refractivity contribution < 1.29 is 9.13 Å². The smallest absolute Gasteiger partial charge is 0.165 e. The summed E-state index contributed by atoms with van der Waals surface area (Å²) in [5, 5.41) is 0. The molecule has 0 aliphatic heterocycles. The maximum absolute atomic E-state index is 13.9. The van der Waals surface area contributed by atoms with Crippen LogP contribution in [0.3, 0.4) is 0 Å². The highest BCUT2D eigenvalue weighted by atomic mass is 19.1. The molecule has 1 aliphatic carbocycles. The molecule has 21 heavy (non-hydrogen) atoms. The minimum Gasteiger partial charge on any atom is -0.494 e. The van der Waals surface area contributed by atoms with Crippen molar-refractivity contribution in [3.8, 4) is 17.0 Å². The van der Waals surface area contributed by atoms with Crippen molar-refractivity contribution in [2.75, 3.05) is 12.8 Å². The number of anilines is 1. The molecule has 3 rings (SSSR count). The van der Waals surface area contributed by atoms with Crippen LogP contribution in [0, 0.1) is 5.82 Å². The largest absolute Gasteiger partial charge is 0.494 e. The average molecular weight is 289 g/mol. The second-order valence-electron chi connectivity index (χ2n) is 5.79. The van der Waals surface area contributed by atoms with E-state index in [1.54, 1.807) is 12.1 Å². The molecular formula is C16H20FN3O. The van der Waals surface area contributed by atoms with Gasteiger partial charge in [0.2, 0.25) is 0 Å². The zero-order chi connectivity index (χ0) is 15.1. The lowest BCUT2D eigenvalue weighted by Crippen LogP contribution is -2.08. The highest BCUT2D eigenvalue weighted by Crippen LogP contribution is 2.43. The van der Waals surface area contributed by atoms with Gasteiger partial charge < -0.3 is 15.0 Å². The van der Waals surface area contributed by atoms with E-state index in [9.17, 15) is 4.39 Å². The van der Waals surface area contributed by atoms with Crippen molar-refractivity contribution in [3.63, 3.8) is 0 Å². The highest BCUT2D eigenvalue weighted by molar-refractivity contribution is 5.72. The number of halogens is 1. The first kappa shape index (κ1) is 13.9. The Morgan fingerprint density at radius 3 is 2.62 bits per heavy atom. The molecule has 4 nitrogen and oxygen atoms in total. The number of imidazole rings is 1. The van der Waals surface area contributed by atoms with Crippen LogP contribution < -0.4 is 10.5 Å². The number of methoxy groups -OCH3 is 1. The van der Waals surface area contributed by atoms with Gasteiger partial charge >= 0.3 is 0 Å². The first-order chi connectivity index (χ1) is 10.0. The summed E-state index contributed by atoms with van der Waals surface area (Å²) in [6.07, 6.45) is 2.30. The van der Waals surface area contributed by atoms with Gasteiger partial charge in [-0.05, 0) is 44.9 Å². The highest BCUT2D eigenvalue weighted by Gasteiger charge is 2.31. The standard InChI is InChI=1S/C16H20FN3O/c1-9(2)20-15(18)14(19-16(20)10-4-5-10)11-6-7-13(21-3)12(17)8-11/h6-10H,4-5,18H2,1-3H3. The molecule has 1 aromatic heterocycles. The van der Waals surface area contributed by atoms with Crippen molar-refractivity contribution in [2.45, 2.75) is 38.6 Å². The lowest BCUT2D eigenvalue weighted by Gasteiger charge is -2.13. The fraction of sp³-hybridized carbons (Fsp3) is 0.438. The number of rotatable bonds is 4. The molecule has 0 bridgehead atoms. The summed E-state index contributed by atoms with van der Waals surface area (Å²) in [6.45, 7) is 4.17. The predicted molar refractivity (Wildman–Crippen MR) is 80.9 cm³/mol. The molecule has 1 heterocycles. The quantitative estimate of drug-likeness (QED) is 0.933. The van der Waals surface area contributed by atoms with E-state index in [1.165, 1.54) is 13.2 Å². The van der Waals surface area contributed by atoms with Crippen LogP contribution in [-0.4, -0.2) is 16.7 Å². The number of benzene rings is 1. The van der Waals surface area contributed by atoms with Crippen LogP contribution in [0.2, 0.25) is 0 Å². The maximum Gasteiger partial charge on any atom is 0.165 e. The second kappa shape index (κ2) is 5.06. The fourth-order valence-electron chi connectivity index (χ4n) is 2.66. The molecule has 0 amide bonds. The monoisotopic (exact) mass is 289 g/mol. The SMILES string of the molecule is COc1ccc(-c2nc(C3CC3)n(C(C)C)c2N)cc1F. The summed E-state index contributed by atoms with van der Waals surface area (Å²) < 4.78 is 20.9. The Morgan fingerprint density at radius 2 is 2.10 bits per heavy atom. The van der Waals surface area contributed by atoms with Gasteiger partial charge in [-0.25, -0.2) is 9.37 Å². The Morgan fingerprint density at radius 1 is 1.38 bits per heavy atom. The lowest BCUT2D eigenvalue weighted by molar-refractivity contribution is 0.386. The molecule has 0 saturated heterocycles. The summed E-state index contributed by atoms with van der Waals surface area (Å²) in [5.41, 5.74) is 7.62. The van der Waals surface area contributed by atoms with Gasteiger partial charge in [-0.3, -0.25) is 0 Å². The van der Waals surface area contributed by atoms with Crippen molar-refractivity contribution >= 4 is 5.82 Å². The third-order valence-corrected chi connectivity index (χ3v) is 3.86. The van der Waals surface area contributed by atoms with Gasteiger partial charge in [0.1, 0.15) is 17.3 Å². The molecule has 0 unspecified atom stereocenters. The van der Waals surface area contributed by atoms with E-state index < -0.39 is 5.82 Å². The lowest BCUT2D eigenvalue weighted by atomic mass is 10.1. The van der Waals surface area contributed by atoms with E-state index in [2.05, 4.69) is 18.4 Å². The van der Waals surface area contributed by atoms with Gasteiger partial charge in [0.25, 0.3) is 0 Å². The predicted octanol–water partition coefficient (Wildman–Crippen LogP) is 3.74. The summed E-state index contributed by atoms with van der Waals surface area (Å²) in [5.74, 6) is 1.95. The van der Waals surface area contributed by atoms with Crippen molar-refractivity contribution in [1.82, 2.24) is 9.55 Å². The molecule has 1 aliphatic rings. The van der Waals surface area contributed by atoms with E-state index in [-0.39, 0.29) is 11.8 Å². The summed E-state index contributed by atoms with van der Waals surface area (Å²) in [7, 11) is 1.45. The molecule has 0 atom stereocenters. The van der Waals surface area contributed by atoms with Gasteiger partial charge in [-0.15, -0.1) is 0 Å². The fourth-order valence-corrected chi connectivity index (χ4v) is 2.66. The molecule has 0 radical (unpaired) electrons. The number of hydrogen-bond donors (Lipinski definition) is 1. The Balaban J connectivity index is 2.10. The molecular weight excluding hydrogens is 269 g/mol. The van der Waals surface area contributed by atoms with Gasteiger partial charge in [-0.2, -0.15) is 0 Å². The van der Waals surface area contributed by atoms with Gasteiger partial charge in [-0.1, -0.05) is 0 Å². The summed E-state index contributed by atoms with van der Waals surface area (Å²) in [6, 6.07) is 5.07. The third-order valence-electron chi connectivity index (χ3n) is 3.86. The van der Waals surface area contributed by atoms with Crippen molar-refractivity contribution in [1.29, 1.82) is 0 Å². The minimum atomic E-state index is -0.401. The van der Waals surface area contributed by atoms with Crippen LogP contribution in [0.5, 0.6) is 5.75 Å². The Kier molecular flexibility index (Phi) is 3.35. The second-order valence-corrected chi connectivity index (χ2v) is 5.79. The maximum atomic E-state index is 13.9. The number of nitrogens with zero attached hydrogens (tertiary/aromatic N) is 2. The zero-order valence-corrected chi connectivity index (χ0v) is 12.6. The summed E-state index contributed by atoms with van der Waals surface area (Å²) >= 11 is 0. The van der Waals surface area contributed by atoms with Gasteiger partial charge in [0.15, 0.2) is 11.6 Å². The molecule has 0 spiro atoms. The molecule has 112 valence electrons. The van der Waals surface area contributed by atoms with E-state index >= 15 is 0 Å². The number of hydrogen-bond acceptors (Lipinski definition) is 3. The van der Waals surface area contributed by atoms with Crippen LogP contribution in [0.25, 0.3) is 11.3 Å². The molecule has 2 N–H and O–H groups in total. The Bertz CT molecular complexity index is 674. The molecule has 1 fully saturated rings. The van der Waals surface area contributed by atoms with E-state index in [0.29, 0.717) is 23.0 Å². The molecule has 1 saturated carbocycles. The van der Waals surface area contributed by atoms with Crippen molar-refractivity contribution in [2.24, 2.45) is 0 Å². The average Bonchev–Trinajstić information content (AvgIpc) is 3.22. The topological polar surface area (TPSA) is 53.1 Å². The van der Waals surface area contributed by atoms with E-state index in [1.807, 2.05) is 0 Å². The van der Waals surface area contributed by atoms with Crippen molar-refractivity contribution in [3.05, 3.63) is 29.8 Å². The number of nitrogen functional groups attached to an aromatic ring is 1. The van der Waals surface area contributed by atoms with Crippen LogP contribution >= 0.6 is 0 Å². The van der Waals surface area contributed by atoms with Gasteiger partial charge in [0.05, 0.1) is 7.11 Å². The van der Waals surface area contributed by atoms with Crippen LogP contribution in [-0.2, 0) is 0 Å². The number of ether oxygens (including phenoxy) is 1. The normalized spacial score (nSPS) is 14.7. The van der Waals surface area contributed by atoms with Crippen LogP contribution in [0.1, 0.15) is 44.5 Å². The minimum absolute atomic E-state index is 0.225. The molecule has 2 aromatic rings. The van der Waals surface area contributed by atoms with Gasteiger partial charge in [0, 0.05) is 17.5 Å². The number of aromatic nitrogens is 2.